The molecular formula is C24H25N5O4S. The molecule has 0 spiro atoms. The molecule has 2 aromatic heterocycles. The average Bonchev–Trinajstić information content (AvgIpc) is 3.49. The number of rotatable bonds is 6. The minimum atomic E-state index is -3.90. The van der Waals surface area contributed by atoms with Gasteiger partial charge in [-0.05, 0) is 54.8 Å². The number of phenols is 1. The van der Waals surface area contributed by atoms with E-state index in [9.17, 15) is 13.5 Å². The second-order valence-electron chi connectivity index (χ2n) is 8.36. The highest BCUT2D eigenvalue weighted by Gasteiger charge is 2.23. The lowest BCUT2D eigenvalue weighted by Gasteiger charge is -2.12. The van der Waals surface area contributed by atoms with Crippen molar-refractivity contribution >= 4 is 32.6 Å². The van der Waals surface area contributed by atoms with E-state index < -0.39 is 10.0 Å². The topological polar surface area (TPSA) is 132 Å². The molecule has 1 aliphatic rings. The van der Waals surface area contributed by atoms with Crippen LogP contribution in [0.3, 0.4) is 0 Å². The zero-order chi connectivity index (χ0) is 23.9. The molecule has 176 valence electrons. The summed E-state index contributed by atoms with van der Waals surface area (Å²) >= 11 is 0. The number of phenolic OH excluding ortho intramolecular Hbond substituents is 1. The summed E-state index contributed by atoms with van der Waals surface area (Å²) in [6.07, 6.45) is 7.95. The number of nitrogens with zero attached hydrogens (tertiary/aromatic N) is 3. The summed E-state index contributed by atoms with van der Waals surface area (Å²) < 4.78 is 35.2. The average molecular weight is 480 g/mol. The van der Waals surface area contributed by atoms with Crippen molar-refractivity contribution in [2.24, 2.45) is 0 Å². The normalized spacial score (nSPS) is 14.5. The number of fused-ring (bicyclic) bond motifs is 1. The van der Waals surface area contributed by atoms with Gasteiger partial charge in [0.15, 0.2) is 0 Å². The van der Waals surface area contributed by atoms with Crippen LogP contribution < -0.4 is 15.2 Å². The Balaban J connectivity index is 1.50. The first-order valence-corrected chi connectivity index (χ1v) is 12.5. The molecule has 1 fully saturated rings. The van der Waals surface area contributed by atoms with E-state index in [0.29, 0.717) is 23.2 Å². The van der Waals surface area contributed by atoms with Crippen LogP contribution in [0.5, 0.6) is 11.5 Å². The monoisotopic (exact) mass is 479 g/mol. The number of ether oxygens (including phenoxy) is 1. The molecule has 9 nitrogen and oxygen atoms in total. The highest BCUT2D eigenvalue weighted by Crippen LogP contribution is 2.40. The molecule has 1 aliphatic carbocycles. The van der Waals surface area contributed by atoms with Crippen LogP contribution in [0.4, 0.5) is 11.5 Å². The van der Waals surface area contributed by atoms with E-state index in [2.05, 4.69) is 19.3 Å². The molecule has 4 aromatic rings. The molecule has 5 rings (SSSR count). The van der Waals surface area contributed by atoms with Crippen LogP contribution >= 0.6 is 0 Å². The van der Waals surface area contributed by atoms with Crippen LogP contribution in [0.2, 0.25) is 0 Å². The largest absolute Gasteiger partial charge is 0.506 e. The Morgan fingerprint density at radius 3 is 2.53 bits per heavy atom. The molecule has 0 bridgehead atoms. The fourth-order valence-electron chi connectivity index (χ4n) is 4.53. The summed E-state index contributed by atoms with van der Waals surface area (Å²) in [6.45, 7) is 0. The molecular weight excluding hydrogens is 454 g/mol. The molecule has 1 saturated carbocycles. The van der Waals surface area contributed by atoms with Gasteiger partial charge in [-0.15, -0.1) is 0 Å². The van der Waals surface area contributed by atoms with Crippen LogP contribution in [0.1, 0.15) is 31.7 Å². The smallest absolute Gasteiger partial charge is 0.262 e. The summed E-state index contributed by atoms with van der Waals surface area (Å²) in [7, 11) is -2.39. The van der Waals surface area contributed by atoms with E-state index in [-0.39, 0.29) is 16.3 Å². The van der Waals surface area contributed by atoms with Crippen molar-refractivity contribution in [1.82, 2.24) is 14.5 Å². The third-order valence-electron chi connectivity index (χ3n) is 6.28. The number of sulfonamides is 1. The Labute approximate surface area is 197 Å². The summed E-state index contributed by atoms with van der Waals surface area (Å²) in [4.78, 5) is 8.69. The number of methoxy groups -OCH3 is 1. The fourth-order valence-corrected chi connectivity index (χ4v) is 5.61. The van der Waals surface area contributed by atoms with E-state index in [1.165, 1.54) is 50.5 Å². The highest BCUT2D eigenvalue weighted by atomic mass is 32.2. The molecule has 34 heavy (non-hydrogen) atoms. The summed E-state index contributed by atoms with van der Waals surface area (Å²) in [5.41, 5.74) is 8.53. The summed E-state index contributed by atoms with van der Waals surface area (Å²) in [6, 6.07) is 11.1. The maximum absolute atomic E-state index is 12.8. The Morgan fingerprint density at radius 2 is 1.85 bits per heavy atom. The number of nitrogens with two attached hydrogens (primary N) is 1. The fraction of sp³-hybridized carbons (Fsp3) is 0.250. The minimum Gasteiger partial charge on any atom is -0.506 e. The van der Waals surface area contributed by atoms with E-state index in [4.69, 9.17) is 10.5 Å². The zero-order valence-corrected chi connectivity index (χ0v) is 19.4. The first kappa shape index (κ1) is 22.0. The van der Waals surface area contributed by atoms with Gasteiger partial charge in [-0.3, -0.25) is 4.72 Å². The van der Waals surface area contributed by atoms with Gasteiger partial charge in [0.05, 0.1) is 23.1 Å². The minimum absolute atomic E-state index is 0.0568. The molecule has 2 aromatic carbocycles. The molecule has 0 atom stereocenters. The van der Waals surface area contributed by atoms with Gasteiger partial charge in [0, 0.05) is 17.8 Å². The zero-order valence-electron chi connectivity index (χ0n) is 18.6. The molecule has 0 amide bonds. The van der Waals surface area contributed by atoms with Crippen molar-refractivity contribution in [3.63, 3.8) is 0 Å². The molecule has 4 N–H and O–H groups in total. The van der Waals surface area contributed by atoms with Gasteiger partial charge in [0.25, 0.3) is 10.0 Å². The molecule has 0 unspecified atom stereocenters. The second-order valence-corrected chi connectivity index (χ2v) is 10.0. The number of aromatic nitrogens is 3. The molecule has 2 heterocycles. The Bertz CT molecular complexity index is 1460. The van der Waals surface area contributed by atoms with Gasteiger partial charge >= 0.3 is 0 Å². The Kier molecular flexibility index (Phi) is 5.52. The van der Waals surface area contributed by atoms with Crippen molar-refractivity contribution in [1.29, 1.82) is 0 Å². The second kappa shape index (κ2) is 8.53. The van der Waals surface area contributed by atoms with Gasteiger partial charge in [0.2, 0.25) is 0 Å². The number of benzene rings is 2. The lowest BCUT2D eigenvalue weighted by molar-refractivity contribution is 0.414. The van der Waals surface area contributed by atoms with E-state index in [1.54, 1.807) is 18.2 Å². The van der Waals surface area contributed by atoms with Crippen molar-refractivity contribution in [3.05, 3.63) is 55.0 Å². The third kappa shape index (κ3) is 3.90. The van der Waals surface area contributed by atoms with Gasteiger partial charge < -0.3 is 20.1 Å². The third-order valence-corrected chi connectivity index (χ3v) is 7.66. The van der Waals surface area contributed by atoms with Crippen molar-refractivity contribution in [3.8, 4) is 22.6 Å². The molecule has 0 aliphatic heterocycles. The summed E-state index contributed by atoms with van der Waals surface area (Å²) in [5.74, 6) is 0.707. The predicted molar refractivity (Wildman–Crippen MR) is 130 cm³/mol. The van der Waals surface area contributed by atoms with Gasteiger partial charge in [0.1, 0.15) is 29.3 Å². The van der Waals surface area contributed by atoms with E-state index >= 15 is 0 Å². The lowest BCUT2D eigenvalue weighted by Crippen LogP contribution is -2.13. The molecule has 0 radical (unpaired) electrons. The van der Waals surface area contributed by atoms with Crippen molar-refractivity contribution in [2.45, 2.75) is 36.6 Å². The predicted octanol–water partition coefficient (Wildman–Crippen LogP) is 4.31. The number of nitrogen functional groups attached to an aromatic ring is 1. The van der Waals surface area contributed by atoms with E-state index in [1.807, 2.05) is 6.20 Å². The van der Waals surface area contributed by atoms with Crippen LogP contribution in [-0.2, 0) is 10.0 Å². The van der Waals surface area contributed by atoms with Crippen LogP contribution in [-0.4, -0.2) is 35.2 Å². The van der Waals surface area contributed by atoms with Crippen LogP contribution in [0.25, 0.3) is 22.2 Å². The number of hydrogen-bond donors (Lipinski definition) is 3. The van der Waals surface area contributed by atoms with Gasteiger partial charge in [-0.2, -0.15) is 0 Å². The van der Waals surface area contributed by atoms with E-state index in [0.717, 1.165) is 29.4 Å². The SMILES string of the molecule is COc1ccc(S(=O)(=O)Nc2ccc(-c3cn(C4CCCC4)c4ncnc(N)c34)cc2O)cc1. The summed E-state index contributed by atoms with van der Waals surface area (Å²) in [5, 5.41) is 11.4. The standard InChI is InChI=1S/C24H25N5O4S/c1-33-17-7-9-18(10-8-17)34(31,32)28-20-11-6-15(12-21(20)30)19-13-29(16-4-2-3-5-16)24-22(19)23(25)26-14-27-24/h6-14,16,28,30H,2-5H2,1H3,(H2,25,26,27). The maximum atomic E-state index is 12.8. The Hall–Kier alpha value is -3.79. The highest BCUT2D eigenvalue weighted by molar-refractivity contribution is 7.92. The number of nitrogens with one attached hydrogen (secondary N) is 1. The lowest BCUT2D eigenvalue weighted by atomic mass is 10.1. The number of hydrogen-bond acceptors (Lipinski definition) is 7. The first-order chi connectivity index (χ1) is 16.4. The number of aromatic hydroxyl groups is 1. The number of anilines is 2. The quantitative estimate of drug-likeness (QED) is 0.351. The maximum Gasteiger partial charge on any atom is 0.262 e. The first-order valence-electron chi connectivity index (χ1n) is 11.0. The van der Waals surface area contributed by atoms with Crippen LogP contribution in [0, 0.1) is 0 Å². The Morgan fingerprint density at radius 1 is 1.12 bits per heavy atom. The van der Waals surface area contributed by atoms with Gasteiger partial charge in [-0.25, -0.2) is 18.4 Å². The molecule has 0 saturated heterocycles. The van der Waals surface area contributed by atoms with Gasteiger partial charge in [-0.1, -0.05) is 18.9 Å². The molecule has 10 heteroatoms. The van der Waals surface area contributed by atoms with Crippen molar-refractivity contribution in [2.75, 3.05) is 17.6 Å². The van der Waals surface area contributed by atoms with Crippen molar-refractivity contribution < 1.29 is 18.3 Å². The van der Waals surface area contributed by atoms with Crippen LogP contribution in [0.15, 0.2) is 59.9 Å².